The van der Waals surface area contributed by atoms with Crippen LogP contribution in [0, 0.1) is 16.7 Å². The molecular weight excluding hydrogens is 304 g/mol. The Bertz CT molecular complexity index is 429. The van der Waals surface area contributed by atoms with Crippen LogP contribution in [0.2, 0.25) is 0 Å². The molecule has 1 saturated heterocycles. The summed E-state index contributed by atoms with van der Waals surface area (Å²) in [4.78, 5) is 24.9. The van der Waals surface area contributed by atoms with Crippen molar-refractivity contribution >= 4 is 24.6 Å². The lowest BCUT2D eigenvalue weighted by Gasteiger charge is -2.47. The van der Waals surface area contributed by atoms with E-state index in [1.54, 1.807) is 0 Å². The normalized spacial score (nSPS) is 29.3. The highest BCUT2D eigenvalue weighted by Gasteiger charge is 2.57. The van der Waals surface area contributed by atoms with E-state index in [2.05, 4.69) is 12.6 Å². The molecule has 0 radical (unpaired) electrons. The molecule has 0 aromatic carbocycles. The summed E-state index contributed by atoms with van der Waals surface area (Å²) >= 11 is 4.56. The molecule has 0 spiro atoms. The number of ether oxygens (including phenoxy) is 3. The molecule has 0 aromatic rings. The smallest absolute Gasteiger partial charge is 0.314 e. The standard InChI is InChI=1S/C16H28O5S/c1-11(2)16(13(18)20-6)8-15(9-21-10-16,12(17)19-5)7-14(3,4)22/h11,22H,7-10H2,1-6H3. The first kappa shape index (κ1) is 19.3. The van der Waals surface area contributed by atoms with Crippen LogP contribution in [0.1, 0.15) is 40.5 Å². The Hall–Kier alpha value is -0.750. The summed E-state index contributed by atoms with van der Waals surface area (Å²) < 4.78 is 15.3. The van der Waals surface area contributed by atoms with Crippen molar-refractivity contribution in [3.05, 3.63) is 0 Å². The quantitative estimate of drug-likeness (QED) is 0.619. The van der Waals surface area contributed by atoms with E-state index in [0.717, 1.165) is 0 Å². The molecule has 5 nitrogen and oxygen atoms in total. The molecule has 2 atom stereocenters. The van der Waals surface area contributed by atoms with Gasteiger partial charge >= 0.3 is 11.9 Å². The summed E-state index contributed by atoms with van der Waals surface area (Å²) in [7, 11) is 2.73. The van der Waals surface area contributed by atoms with Gasteiger partial charge in [0.1, 0.15) is 0 Å². The van der Waals surface area contributed by atoms with E-state index in [4.69, 9.17) is 14.2 Å². The molecule has 0 bridgehead atoms. The van der Waals surface area contributed by atoms with Gasteiger partial charge in [-0.25, -0.2) is 0 Å². The van der Waals surface area contributed by atoms with Crippen LogP contribution < -0.4 is 0 Å². The molecule has 1 rings (SSSR count). The Morgan fingerprint density at radius 2 is 1.73 bits per heavy atom. The predicted octanol–water partition coefficient (Wildman–Crippen LogP) is 2.48. The van der Waals surface area contributed by atoms with Gasteiger partial charge in [0.15, 0.2) is 0 Å². The van der Waals surface area contributed by atoms with Crippen LogP contribution in [-0.2, 0) is 23.8 Å². The fourth-order valence-electron chi connectivity index (χ4n) is 3.44. The van der Waals surface area contributed by atoms with Crippen LogP contribution in [0.4, 0.5) is 0 Å². The average Bonchev–Trinajstić information content (AvgIpc) is 2.43. The zero-order valence-electron chi connectivity index (χ0n) is 14.4. The van der Waals surface area contributed by atoms with Gasteiger partial charge < -0.3 is 14.2 Å². The maximum absolute atomic E-state index is 12.5. The molecule has 0 amide bonds. The van der Waals surface area contributed by atoms with Crippen LogP contribution in [0.15, 0.2) is 0 Å². The minimum Gasteiger partial charge on any atom is -0.469 e. The lowest BCUT2D eigenvalue weighted by molar-refractivity contribution is -0.190. The van der Waals surface area contributed by atoms with Crippen molar-refractivity contribution in [3.63, 3.8) is 0 Å². The highest BCUT2D eigenvalue weighted by molar-refractivity contribution is 7.81. The third-order valence-electron chi connectivity index (χ3n) is 4.48. The fraction of sp³-hybridized carbons (Fsp3) is 0.875. The van der Waals surface area contributed by atoms with E-state index in [0.29, 0.717) is 12.8 Å². The summed E-state index contributed by atoms with van der Waals surface area (Å²) in [6.07, 6.45) is 0.808. The van der Waals surface area contributed by atoms with Gasteiger partial charge in [-0.1, -0.05) is 27.7 Å². The lowest BCUT2D eigenvalue weighted by Crippen LogP contribution is -2.55. The van der Waals surface area contributed by atoms with Gasteiger partial charge in [-0.3, -0.25) is 9.59 Å². The number of rotatable bonds is 5. The van der Waals surface area contributed by atoms with Gasteiger partial charge in [-0.2, -0.15) is 12.6 Å². The lowest BCUT2D eigenvalue weighted by atomic mass is 9.62. The molecule has 128 valence electrons. The number of esters is 2. The number of carbonyl (C=O) groups excluding carboxylic acids is 2. The highest BCUT2D eigenvalue weighted by atomic mass is 32.1. The van der Waals surface area contributed by atoms with Crippen molar-refractivity contribution in [2.75, 3.05) is 27.4 Å². The summed E-state index contributed by atoms with van der Waals surface area (Å²) in [6, 6.07) is 0. The minimum atomic E-state index is -0.892. The molecule has 1 heterocycles. The molecule has 0 saturated carbocycles. The van der Waals surface area contributed by atoms with Crippen LogP contribution in [0.3, 0.4) is 0 Å². The van der Waals surface area contributed by atoms with E-state index < -0.39 is 15.6 Å². The van der Waals surface area contributed by atoms with E-state index >= 15 is 0 Å². The Kier molecular flexibility index (Phi) is 5.95. The number of carbonyl (C=O) groups is 2. The second kappa shape index (κ2) is 6.79. The Morgan fingerprint density at radius 1 is 1.18 bits per heavy atom. The third kappa shape index (κ3) is 3.77. The minimum absolute atomic E-state index is 0.0210. The molecule has 0 aromatic heterocycles. The van der Waals surface area contributed by atoms with Crippen molar-refractivity contribution < 1.29 is 23.8 Å². The second-order valence-electron chi connectivity index (χ2n) is 7.23. The topological polar surface area (TPSA) is 61.8 Å². The maximum atomic E-state index is 12.5. The molecule has 0 aliphatic carbocycles. The van der Waals surface area contributed by atoms with Gasteiger partial charge in [0, 0.05) is 4.75 Å². The average molecular weight is 332 g/mol. The van der Waals surface area contributed by atoms with Gasteiger partial charge in [0.25, 0.3) is 0 Å². The van der Waals surface area contributed by atoms with Crippen molar-refractivity contribution in [2.45, 2.75) is 45.3 Å². The number of methoxy groups -OCH3 is 2. The van der Waals surface area contributed by atoms with Crippen molar-refractivity contribution in [3.8, 4) is 0 Å². The zero-order valence-corrected chi connectivity index (χ0v) is 15.3. The summed E-state index contributed by atoms with van der Waals surface area (Å²) in [5, 5.41) is 0. The molecule has 6 heteroatoms. The van der Waals surface area contributed by atoms with Gasteiger partial charge in [-0.05, 0) is 18.8 Å². The first-order valence-corrected chi connectivity index (χ1v) is 7.95. The van der Waals surface area contributed by atoms with Gasteiger partial charge in [0.2, 0.25) is 0 Å². The highest BCUT2D eigenvalue weighted by Crippen LogP contribution is 2.49. The van der Waals surface area contributed by atoms with Crippen LogP contribution in [0.5, 0.6) is 0 Å². The Morgan fingerprint density at radius 3 is 2.14 bits per heavy atom. The third-order valence-corrected chi connectivity index (χ3v) is 4.64. The first-order valence-electron chi connectivity index (χ1n) is 7.50. The number of hydrogen-bond acceptors (Lipinski definition) is 6. The van der Waals surface area contributed by atoms with Crippen LogP contribution in [-0.4, -0.2) is 44.1 Å². The Labute approximate surface area is 138 Å². The van der Waals surface area contributed by atoms with Crippen LogP contribution in [0.25, 0.3) is 0 Å². The summed E-state index contributed by atoms with van der Waals surface area (Å²) in [5.74, 6) is -0.719. The van der Waals surface area contributed by atoms with Gasteiger partial charge in [0.05, 0.1) is 38.3 Å². The molecular formula is C16H28O5S. The van der Waals surface area contributed by atoms with Crippen molar-refractivity contribution in [1.29, 1.82) is 0 Å². The van der Waals surface area contributed by atoms with E-state index in [1.165, 1.54) is 14.2 Å². The number of hydrogen-bond donors (Lipinski definition) is 1. The largest absolute Gasteiger partial charge is 0.469 e. The van der Waals surface area contributed by atoms with Crippen LogP contribution >= 0.6 is 12.6 Å². The van der Waals surface area contributed by atoms with Gasteiger partial charge in [-0.15, -0.1) is 0 Å². The molecule has 1 aliphatic rings. The molecule has 2 unspecified atom stereocenters. The number of thiol groups is 1. The fourth-order valence-corrected chi connectivity index (χ4v) is 3.74. The Balaban J connectivity index is 3.29. The first-order chi connectivity index (χ1) is 10.0. The second-order valence-corrected chi connectivity index (χ2v) is 8.44. The van der Waals surface area contributed by atoms with Crippen molar-refractivity contribution in [1.82, 2.24) is 0 Å². The summed E-state index contributed by atoms with van der Waals surface area (Å²) in [6.45, 7) is 8.24. The molecule has 22 heavy (non-hydrogen) atoms. The SMILES string of the molecule is COC(=O)C1(CC(C)(C)S)COCC(C(=O)OC)(C(C)C)C1. The van der Waals surface area contributed by atoms with E-state index in [9.17, 15) is 9.59 Å². The maximum Gasteiger partial charge on any atom is 0.314 e. The molecule has 1 aliphatic heterocycles. The predicted molar refractivity (Wildman–Crippen MR) is 86.9 cm³/mol. The van der Waals surface area contributed by atoms with Crippen molar-refractivity contribution in [2.24, 2.45) is 16.7 Å². The molecule has 1 fully saturated rings. The van der Waals surface area contributed by atoms with E-state index in [1.807, 2.05) is 27.7 Å². The zero-order chi connectivity index (χ0) is 17.2. The van der Waals surface area contributed by atoms with E-state index in [-0.39, 0.29) is 31.1 Å². The summed E-state index contributed by atoms with van der Waals surface area (Å²) in [5.41, 5.74) is -1.74. The molecule has 0 N–H and O–H groups in total. The monoisotopic (exact) mass is 332 g/mol.